The van der Waals surface area contributed by atoms with Gasteiger partial charge in [-0.05, 0) is 128 Å². The second-order valence-corrected chi connectivity index (χ2v) is 20.4. The maximum atomic E-state index is 2.53. The van der Waals surface area contributed by atoms with Crippen LogP contribution >= 0.6 is 0 Å². The minimum atomic E-state index is -0.592. The Morgan fingerprint density at radius 2 is 0.803 bits per heavy atom. The number of rotatable bonds is 7. The van der Waals surface area contributed by atoms with Crippen molar-refractivity contribution in [3.63, 3.8) is 0 Å². The number of hydrogen-bond acceptors (Lipinski definition) is 1. The number of anilines is 3. The second kappa shape index (κ2) is 16.5. The van der Waals surface area contributed by atoms with E-state index in [9.17, 15) is 0 Å². The minimum Gasteiger partial charge on any atom is -0.310 e. The van der Waals surface area contributed by atoms with Crippen LogP contribution in [0.15, 0.2) is 285 Å². The number of fused-ring (bicyclic) bond motifs is 15. The largest absolute Gasteiger partial charge is 0.310 e. The van der Waals surface area contributed by atoms with Crippen LogP contribution in [0, 0.1) is 0 Å². The molecule has 14 aromatic rings. The molecule has 3 heteroatoms. The van der Waals surface area contributed by atoms with Crippen molar-refractivity contribution in [2.75, 3.05) is 4.90 Å². The molecule has 0 bridgehead atoms. The van der Waals surface area contributed by atoms with E-state index < -0.39 is 5.41 Å². The van der Waals surface area contributed by atoms with Gasteiger partial charge < -0.3 is 14.0 Å². The SMILES string of the molecule is c1ccc(-c2ccc(-c3ccccc3N(c3ccc(-c4ccc5c6ccccc6n(-c6ccccc6)c5c4)cc3)c3ccc4c(c3)C3(c5ccccc5-4)c4ccccc4-n4c5ccccc5c5cccc3c54)cc2)cc1. The quantitative estimate of drug-likeness (QED) is 0.155. The van der Waals surface area contributed by atoms with Crippen LogP contribution in [0.2, 0.25) is 0 Å². The summed E-state index contributed by atoms with van der Waals surface area (Å²) >= 11 is 0. The van der Waals surface area contributed by atoms with Crippen molar-refractivity contribution in [2.24, 2.45) is 0 Å². The molecule has 0 saturated heterocycles. The van der Waals surface area contributed by atoms with Gasteiger partial charge in [-0.2, -0.15) is 0 Å². The van der Waals surface area contributed by atoms with Crippen molar-refractivity contribution in [3.05, 3.63) is 307 Å². The van der Waals surface area contributed by atoms with Gasteiger partial charge in [0.1, 0.15) is 0 Å². The van der Waals surface area contributed by atoms with Crippen LogP contribution in [-0.4, -0.2) is 9.13 Å². The van der Waals surface area contributed by atoms with E-state index in [2.05, 4.69) is 299 Å². The molecule has 0 N–H and O–H groups in total. The van der Waals surface area contributed by atoms with Crippen LogP contribution < -0.4 is 4.90 Å². The number of aromatic nitrogens is 2. The summed E-state index contributed by atoms with van der Waals surface area (Å²) in [4.78, 5) is 2.49. The summed E-state index contributed by atoms with van der Waals surface area (Å²) in [6, 6.07) is 106. The lowest BCUT2D eigenvalue weighted by Gasteiger charge is -2.40. The molecule has 76 heavy (non-hydrogen) atoms. The molecule has 12 aromatic carbocycles. The highest BCUT2D eigenvalue weighted by Crippen LogP contribution is 2.62. The third-order valence-electron chi connectivity index (χ3n) is 16.5. The van der Waals surface area contributed by atoms with E-state index in [4.69, 9.17) is 0 Å². The molecule has 2 aliphatic rings. The van der Waals surface area contributed by atoms with Gasteiger partial charge in [0, 0.05) is 44.2 Å². The topological polar surface area (TPSA) is 13.1 Å². The van der Waals surface area contributed by atoms with E-state index in [1.807, 2.05) is 0 Å². The molecule has 3 nitrogen and oxygen atoms in total. The first-order chi connectivity index (χ1) is 37.7. The van der Waals surface area contributed by atoms with E-state index in [1.54, 1.807) is 0 Å². The van der Waals surface area contributed by atoms with Crippen LogP contribution in [0.25, 0.3) is 99.5 Å². The molecule has 2 aromatic heterocycles. The van der Waals surface area contributed by atoms with Gasteiger partial charge in [0.05, 0.1) is 38.9 Å². The molecule has 1 atom stereocenters. The molecule has 16 rings (SSSR count). The molecule has 1 aliphatic heterocycles. The number of para-hydroxylation sites is 6. The van der Waals surface area contributed by atoms with Crippen molar-refractivity contribution >= 4 is 60.7 Å². The standard InChI is InChI=1S/C73H47N3/c1-3-18-48(19-4-1)49-34-36-51(37-35-49)56-22-8-13-30-67(56)74(54-41-38-50(39-42-54)52-40-44-61-59-24-9-14-31-68(59)75(71(61)46-52)53-20-5-2-6-21-53)55-43-45-58-57-23-7-11-27-63(57)73(66(58)47-55)64-28-12-16-33-70(64)76-69-32-15-10-25-60(69)62-26-17-29-65(73)72(62)76/h1-47H. The van der Waals surface area contributed by atoms with Gasteiger partial charge in [0.15, 0.2) is 0 Å². The molecule has 354 valence electrons. The maximum Gasteiger partial charge on any atom is 0.0755 e. The predicted octanol–water partition coefficient (Wildman–Crippen LogP) is 19.0. The highest BCUT2D eigenvalue weighted by molar-refractivity contribution is 6.13. The third-order valence-corrected chi connectivity index (χ3v) is 16.5. The van der Waals surface area contributed by atoms with Gasteiger partial charge in [-0.15, -0.1) is 0 Å². The lowest BCUT2D eigenvalue weighted by Crippen LogP contribution is -2.33. The second-order valence-electron chi connectivity index (χ2n) is 20.4. The fourth-order valence-corrected chi connectivity index (χ4v) is 13.3. The van der Waals surface area contributed by atoms with E-state index in [1.165, 1.54) is 99.4 Å². The first kappa shape index (κ1) is 42.5. The third kappa shape index (κ3) is 6.05. The van der Waals surface area contributed by atoms with Gasteiger partial charge in [-0.1, -0.05) is 218 Å². The summed E-state index contributed by atoms with van der Waals surface area (Å²) in [5, 5.41) is 5.04. The Morgan fingerprint density at radius 3 is 1.61 bits per heavy atom. The van der Waals surface area contributed by atoms with E-state index in [0.29, 0.717) is 0 Å². The normalized spacial score (nSPS) is 14.1. The molecular formula is C73H47N3. The van der Waals surface area contributed by atoms with Crippen LogP contribution in [0.4, 0.5) is 17.1 Å². The van der Waals surface area contributed by atoms with E-state index >= 15 is 0 Å². The number of benzene rings is 12. The first-order valence-electron chi connectivity index (χ1n) is 26.3. The molecule has 0 radical (unpaired) electrons. The van der Waals surface area contributed by atoms with Crippen molar-refractivity contribution in [3.8, 4) is 55.9 Å². The Hall–Kier alpha value is -9.96. The van der Waals surface area contributed by atoms with Crippen LogP contribution in [0.3, 0.4) is 0 Å². The molecule has 1 aliphatic carbocycles. The highest BCUT2D eigenvalue weighted by atomic mass is 15.1. The Balaban J connectivity index is 0.909. The summed E-state index contributed by atoms with van der Waals surface area (Å²) < 4.78 is 4.93. The zero-order valence-corrected chi connectivity index (χ0v) is 41.5. The molecular weight excluding hydrogens is 919 g/mol. The minimum absolute atomic E-state index is 0.592. The zero-order chi connectivity index (χ0) is 49.9. The van der Waals surface area contributed by atoms with Gasteiger partial charge in [0.25, 0.3) is 0 Å². The Kier molecular flexibility index (Phi) is 9.25. The monoisotopic (exact) mass is 965 g/mol. The van der Waals surface area contributed by atoms with Gasteiger partial charge in [-0.25, -0.2) is 0 Å². The van der Waals surface area contributed by atoms with Crippen molar-refractivity contribution in [1.82, 2.24) is 9.13 Å². The summed E-state index contributed by atoms with van der Waals surface area (Å²) in [6.07, 6.45) is 0. The number of hydrogen-bond donors (Lipinski definition) is 0. The number of nitrogens with zero attached hydrogens (tertiary/aromatic N) is 3. The van der Waals surface area contributed by atoms with Crippen LogP contribution in [-0.2, 0) is 5.41 Å². The fourth-order valence-electron chi connectivity index (χ4n) is 13.3. The smallest absolute Gasteiger partial charge is 0.0755 e. The fraction of sp³-hybridized carbons (Fsp3) is 0.0137. The van der Waals surface area contributed by atoms with Crippen molar-refractivity contribution in [2.45, 2.75) is 5.41 Å². The summed E-state index contributed by atoms with van der Waals surface area (Å²) in [5.74, 6) is 0. The Bertz CT molecular complexity index is 4620. The predicted molar refractivity (Wildman–Crippen MR) is 317 cm³/mol. The zero-order valence-electron chi connectivity index (χ0n) is 41.5. The Morgan fingerprint density at radius 1 is 0.276 bits per heavy atom. The summed E-state index contributed by atoms with van der Waals surface area (Å²) in [6.45, 7) is 0. The van der Waals surface area contributed by atoms with Gasteiger partial charge in [0.2, 0.25) is 0 Å². The first-order valence-corrected chi connectivity index (χ1v) is 26.3. The maximum absolute atomic E-state index is 2.53. The summed E-state index contributed by atoms with van der Waals surface area (Å²) in [7, 11) is 0. The lowest BCUT2D eigenvalue weighted by atomic mass is 9.65. The molecule has 1 spiro atoms. The average molecular weight is 966 g/mol. The highest BCUT2D eigenvalue weighted by Gasteiger charge is 2.51. The van der Waals surface area contributed by atoms with E-state index in [-0.39, 0.29) is 0 Å². The lowest BCUT2D eigenvalue weighted by molar-refractivity contribution is 0.748. The molecule has 3 heterocycles. The molecule has 0 amide bonds. The van der Waals surface area contributed by atoms with Crippen LogP contribution in [0.5, 0.6) is 0 Å². The summed E-state index contributed by atoms with van der Waals surface area (Å²) in [5.41, 5.74) is 24.7. The Labute approximate surface area is 441 Å². The van der Waals surface area contributed by atoms with Crippen LogP contribution in [0.1, 0.15) is 22.3 Å². The van der Waals surface area contributed by atoms with Crippen molar-refractivity contribution < 1.29 is 0 Å². The van der Waals surface area contributed by atoms with E-state index in [0.717, 1.165) is 39.4 Å². The van der Waals surface area contributed by atoms with Gasteiger partial charge >= 0.3 is 0 Å². The average Bonchev–Trinajstić information content (AvgIpc) is 4.22. The molecule has 0 fully saturated rings. The molecule has 0 saturated carbocycles. The van der Waals surface area contributed by atoms with Crippen molar-refractivity contribution in [1.29, 1.82) is 0 Å². The molecule has 1 unspecified atom stereocenters. The van der Waals surface area contributed by atoms with Gasteiger partial charge in [-0.3, -0.25) is 0 Å².